The van der Waals surface area contributed by atoms with Gasteiger partial charge >= 0.3 is 5.97 Å². The van der Waals surface area contributed by atoms with Gasteiger partial charge < -0.3 is 14.8 Å². The maximum atomic E-state index is 10.6. The van der Waals surface area contributed by atoms with Gasteiger partial charge in [-0.1, -0.05) is 12.1 Å². The Kier molecular flexibility index (Phi) is 2.99. The number of hydrogen-bond donors (Lipinski definition) is 2. The molecule has 0 unspecified atom stereocenters. The normalized spacial score (nSPS) is 14.6. The lowest BCUT2D eigenvalue weighted by Crippen LogP contribution is -2.09. The first-order chi connectivity index (χ1) is 9.24. The Hall–Kier alpha value is -2.23. The van der Waals surface area contributed by atoms with Gasteiger partial charge in [-0.2, -0.15) is 0 Å². The molecule has 0 aliphatic heterocycles. The van der Waals surface area contributed by atoms with E-state index in [1.165, 1.54) is 12.0 Å². The smallest absolute Gasteiger partial charge is 0.341 e. The van der Waals surface area contributed by atoms with E-state index in [0.717, 1.165) is 29.4 Å². The first-order valence-corrected chi connectivity index (χ1v) is 6.40. The van der Waals surface area contributed by atoms with Crippen LogP contribution in [0.25, 0.3) is 16.5 Å². The molecule has 1 aromatic heterocycles. The number of carbonyl (C=O) groups is 1. The van der Waals surface area contributed by atoms with Crippen molar-refractivity contribution in [1.82, 2.24) is 4.98 Å². The molecule has 4 heteroatoms. The standard InChI is InChI=1S/C15H15NO3/c17-15(18)9-19-14-7-3-6-12-11(14)8-13(16-12)10-4-1-2-5-10/h3-4,6-8,16H,1-2,5,9H2,(H,17,18). The summed E-state index contributed by atoms with van der Waals surface area (Å²) in [4.78, 5) is 14.0. The number of carboxylic acids is 1. The first-order valence-electron chi connectivity index (χ1n) is 6.40. The van der Waals surface area contributed by atoms with Gasteiger partial charge in [-0.15, -0.1) is 0 Å². The molecule has 3 rings (SSSR count). The number of H-pyrrole nitrogens is 1. The number of aliphatic carboxylic acids is 1. The number of carboxylic acid groups (broad SMARTS) is 1. The van der Waals surface area contributed by atoms with E-state index in [-0.39, 0.29) is 6.61 Å². The summed E-state index contributed by atoms with van der Waals surface area (Å²) in [7, 11) is 0. The lowest BCUT2D eigenvalue weighted by atomic mass is 10.1. The third-order valence-electron chi connectivity index (χ3n) is 3.36. The highest BCUT2D eigenvalue weighted by molar-refractivity contribution is 5.90. The first kappa shape index (κ1) is 11.8. The summed E-state index contributed by atoms with van der Waals surface area (Å²) < 4.78 is 5.32. The molecule has 1 aliphatic rings. The van der Waals surface area contributed by atoms with Crippen LogP contribution in [-0.2, 0) is 4.79 Å². The van der Waals surface area contributed by atoms with Crippen LogP contribution in [0.3, 0.4) is 0 Å². The van der Waals surface area contributed by atoms with Crippen molar-refractivity contribution in [2.45, 2.75) is 19.3 Å². The van der Waals surface area contributed by atoms with Gasteiger partial charge in [-0.3, -0.25) is 0 Å². The number of ether oxygens (including phenoxy) is 1. The fourth-order valence-corrected chi connectivity index (χ4v) is 2.48. The summed E-state index contributed by atoms with van der Waals surface area (Å²) in [6.07, 6.45) is 5.68. The molecule has 2 N–H and O–H groups in total. The molecule has 4 nitrogen and oxygen atoms in total. The van der Waals surface area contributed by atoms with E-state index in [0.29, 0.717) is 5.75 Å². The zero-order valence-electron chi connectivity index (χ0n) is 10.5. The molecule has 0 saturated heterocycles. The van der Waals surface area contributed by atoms with Crippen LogP contribution in [0.4, 0.5) is 0 Å². The third-order valence-corrected chi connectivity index (χ3v) is 3.36. The number of nitrogens with one attached hydrogen (secondary N) is 1. The maximum absolute atomic E-state index is 10.6. The minimum atomic E-state index is -0.966. The van der Waals surface area contributed by atoms with Gasteiger partial charge in [0.1, 0.15) is 5.75 Å². The van der Waals surface area contributed by atoms with Gasteiger partial charge in [-0.25, -0.2) is 4.79 Å². The van der Waals surface area contributed by atoms with Crippen molar-refractivity contribution in [3.8, 4) is 5.75 Å². The minimum Gasteiger partial charge on any atom is -0.481 e. The molecule has 1 heterocycles. The molecular formula is C15H15NO3. The number of benzene rings is 1. The van der Waals surface area contributed by atoms with E-state index in [1.807, 2.05) is 18.2 Å². The number of fused-ring (bicyclic) bond motifs is 1. The summed E-state index contributed by atoms with van der Waals surface area (Å²) in [6.45, 7) is -0.317. The molecule has 0 amide bonds. The second-order valence-corrected chi connectivity index (χ2v) is 4.70. The van der Waals surface area contributed by atoms with Crippen molar-refractivity contribution in [3.05, 3.63) is 36.0 Å². The highest BCUT2D eigenvalue weighted by Crippen LogP contribution is 2.32. The van der Waals surface area contributed by atoms with Crippen molar-refractivity contribution < 1.29 is 14.6 Å². The van der Waals surface area contributed by atoms with Gasteiger partial charge in [0.05, 0.1) is 0 Å². The maximum Gasteiger partial charge on any atom is 0.341 e. The third kappa shape index (κ3) is 2.34. The van der Waals surface area contributed by atoms with Crippen LogP contribution < -0.4 is 4.74 Å². The molecule has 0 atom stereocenters. The molecule has 0 radical (unpaired) electrons. The van der Waals surface area contributed by atoms with E-state index < -0.39 is 5.97 Å². The van der Waals surface area contributed by atoms with E-state index in [4.69, 9.17) is 9.84 Å². The van der Waals surface area contributed by atoms with Crippen molar-refractivity contribution in [1.29, 1.82) is 0 Å². The zero-order valence-corrected chi connectivity index (χ0v) is 10.5. The topological polar surface area (TPSA) is 62.3 Å². The molecule has 0 fully saturated rings. The Morgan fingerprint density at radius 3 is 3.05 bits per heavy atom. The molecule has 2 aromatic rings. The van der Waals surface area contributed by atoms with Crippen molar-refractivity contribution in [3.63, 3.8) is 0 Å². The quantitative estimate of drug-likeness (QED) is 0.884. The van der Waals surface area contributed by atoms with Crippen LogP contribution in [0.15, 0.2) is 30.3 Å². The number of aromatic nitrogens is 1. The number of rotatable bonds is 4. The summed E-state index contributed by atoms with van der Waals surface area (Å²) in [6, 6.07) is 7.68. The van der Waals surface area contributed by atoms with Crippen LogP contribution in [0.5, 0.6) is 5.75 Å². The van der Waals surface area contributed by atoms with Gasteiger partial charge in [0.15, 0.2) is 6.61 Å². The Balaban J connectivity index is 1.97. The molecule has 0 spiro atoms. The average molecular weight is 257 g/mol. The lowest BCUT2D eigenvalue weighted by molar-refractivity contribution is -0.139. The largest absolute Gasteiger partial charge is 0.481 e. The minimum absolute atomic E-state index is 0.317. The van der Waals surface area contributed by atoms with Crippen molar-refractivity contribution >= 4 is 22.4 Å². The van der Waals surface area contributed by atoms with E-state index in [9.17, 15) is 4.79 Å². The molecule has 1 aromatic carbocycles. The Bertz CT molecular complexity index is 654. The molecule has 1 aliphatic carbocycles. The van der Waals surface area contributed by atoms with Gasteiger partial charge in [0, 0.05) is 16.6 Å². The Morgan fingerprint density at radius 1 is 1.42 bits per heavy atom. The second kappa shape index (κ2) is 4.80. The zero-order chi connectivity index (χ0) is 13.2. The number of aromatic amines is 1. The predicted molar refractivity (Wildman–Crippen MR) is 73.3 cm³/mol. The average Bonchev–Trinajstić information content (AvgIpc) is 3.04. The fraction of sp³-hybridized carbons (Fsp3) is 0.267. The SMILES string of the molecule is O=C(O)COc1cccc2[nH]c(C3=CCCC3)cc12. The van der Waals surface area contributed by atoms with Crippen LogP contribution in [-0.4, -0.2) is 22.7 Å². The molecule has 0 bridgehead atoms. The fourth-order valence-electron chi connectivity index (χ4n) is 2.48. The van der Waals surface area contributed by atoms with Crippen LogP contribution in [0, 0.1) is 0 Å². The van der Waals surface area contributed by atoms with Gasteiger partial charge in [0.2, 0.25) is 0 Å². The van der Waals surface area contributed by atoms with E-state index in [2.05, 4.69) is 11.1 Å². The van der Waals surface area contributed by atoms with Gasteiger partial charge in [-0.05, 0) is 43.0 Å². The summed E-state index contributed by atoms with van der Waals surface area (Å²) in [5.74, 6) is -0.354. The lowest BCUT2D eigenvalue weighted by Gasteiger charge is -2.03. The highest BCUT2D eigenvalue weighted by atomic mass is 16.5. The van der Waals surface area contributed by atoms with Gasteiger partial charge in [0.25, 0.3) is 0 Å². The second-order valence-electron chi connectivity index (χ2n) is 4.70. The number of hydrogen-bond acceptors (Lipinski definition) is 2. The molecule has 0 saturated carbocycles. The summed E-state index contributed by atoms with van der Waals surface area (Å²) >= 11 is 0. The van der Waals surface area contributed by atoms with Crippen molar-refractivity contribution in [2.75, 3.05) is 6.61 Å². The van der Waals surface area contributed by atoms with E-state index >= 15 is 0 Å². The Morgan fingerprint density at radius 2 is 2.32 bits per heavy atom. The molecular weight excluding hydrogens is 242 g/mol. The summed E-state index contributed by atoms with van der Waals surface area (Å²) in [5, 5.41) is 9.62. The van der Waals surface area contributed by atoms with Crippen LogP contribution in [0.2, 0.25) is 0 Å². The predicted octanol–water partition coefficient (Wildman–Crippen LogP) is 3.20. The molecule has 19 heavy (non-hydrogen) atoms. The van der Waals surface area contributed by atoms with Crippen molar-refractivity contribution in [2.24, 2.45) is 0 Å². The molecule has 98 valence electrons. The summed E-state index contributed by atoms with van der Waals surface area (Å²) in [5.41, 5.74) is 3.42. The number of allylic oxidation sites excluding steroid dienone is 2. The monoisotopic (exact) mass is 257 g/mol. The van der Waals surface area contributed by atoms with Crippen LogP contribution in [0.1, 0.15) is 25.0 Å². The van der Waals surface area contributed by atoms with E-state index in [1.54, 1.807) is 6.07 Å². The highest BCUT2D eigenvalue weighted by Gasteiger charge is 2.12. The Labute approximate surface area is 110 Å². The van der Waals surface area contributed by atoms with Crippen LogP contribution >= 0.6 is 0 Å².